The summed E-state index contributed by atoms with van der Waals surface area (Å²) < 4.78 is 22.6. The van der Waals surface area contributed by atoms with Gasteiger partial charge in [0, 0.05) is 49.3 Å². The van der Waals surface area contributed by atoms with E-state index in [0.717, 1.165) is 25.7 Å². The number of benzene rings is 1. The summed E-state index contributed by atoms with van der Waals surface area (Å²) in [6, 6.07) is 9.06. The van der Waals surface area contributed by atoms with Gasteiger partial charge in [-0.2, -0.15) is 0 Å². The Labute approximate surface area is 197 Å². The zero-order valence-corrected chi connectivity index (χ0v) is 19.6. The number of hydrogen-bond acceptors (Lipinski definition) is 6. The van der Waals surface area contributed by atoms with Gasteiger partial charge < -0.3 is 19.7 Å². The zero-order chi connectivity index (χ0) is 24.1. The number of ether oxygens (including phenoxy) is 1. The molecular formula is C26H29FN4O3. The molecule has 0 spiro atoms. The van der Waals surface area contributed by atoms with Crippen LogP contribution in [0.4, 0.5) is 4.39 Å². The second-order valence-corrected chi connectivity index (χ2v) is 10.2. The van der Waals surface area contributed by atoms with Gasteiger partial charge >= 0.3 is 0 Å². The number of fused-ring (bicyclic) bond motifs is 2. The van der Waals surface area contributed by atoms with E-state index in [1.807, 2.05) is 0 Å². The lowest BCUT2D eigenvalue weighted by Crippen LogP contribution is -2.65. The maximum absolute atomic E-state index is 15.0. The van der Waals surface area contributed by atoms with Gasteiger partial charge in [0.1, 0.15) is 17.7 Å². The molecule has 2 bridgehead atoms. The summed E-state index contributed by atoms with van der Waals surface area (Å²) >= 11 is 0. The fourth-order valence-corrected chi connectivity index (χ4v) is 5.62. The van der Waals surface area contributed by atoms with Gasteiger partial charge in [0.05, 0.1) is 11.3 Å². The van der Waals surface area contributed by atoms with Gasteiger partial charge in [0.15, 0.2) is 0 Å². The van der Waals surface area contributed by atoms with Crippen LogP contribution in [0.2, 0.25) is 0 Å². The highest BCUT2D eigenvalue weighted by Crippen LogP contribution is 2.41. The topological polar surface area (TPSA) is 89.3 Å². The molecular weight excluding hydrogens is 435 g/mol. The molecule has 2 saturated heterocycles. The van der Waals surface area contributed by atoms with Crippen LogP contribution in [0.3, 0.4) is 0 Å². The fourth-order valence-electron chi connectivity index (χ4n) is 5.62. The van der Waals surface area contributed by atoms with Crippen molar-refractivity contribution in [1.82, 2.24) is 20.1 Å². The lowest BCUT2D eigenvalue weighted by atomic mass is 9.70. The summed E-state index contributed by atoms with van der Waals surface area (Å²) in [5, 5.41) is 22.6. The molecule has 2 aliphatic heterocycles. The number of aromatic hydroxyl groups is 1. The standard InChI is InChI=1S/C26H29FN4O3/c1-25-8-4-9-26(2,30-25)15-18(14-25)34-22-6-5-20(28-29-22)24-19(27)11-17(12-21(24)32)16-7-10-31(3)23(33)13-16/h5-7,10-13,18,30,32H,4,8-9,14-15H2,1-3H3. The number of aromatic nitrogens is 3. The maximum atomic E-state index is 15.0. The lowest BCUT2D eigenvalue weighted by Gasteiger charge is -2.53. The van der Waals surface area contributed by atoms with Crippen molar-refractivity contribution in [3.8, 4) is 34.0 Å². The summed E-state index contributed by atoms with van der Waals surface area (Å²) in [5.41, 5.74) is 0.993. The van der Waals surface area contributed by atoms with E-state index in [0.29, 0.717) is 17.0 Å². The minimum atomic E-state index is -0.648. The van der Waals surface area contributed by atoms with E-state index < -0.39 is 5.82 Å². The molecule has 2 unspecified atom stereocenters. The molecule has 0 aliphatic carbocycles. The number of rotatable bonds is 4. The second-order valence-electron chi connectivity index (χ2n) is 10.2. The first-order chi connectivity index (χ1) is 16.1. The van der Waals surface area contributed by atoms with Gasteiger partial charge in [0.25, 0.3) is 5.56 Å². The number of halogens is 1. The van der Waals surface area contributed by atoms with Crippen molar-refractivity contribution < 1.29 is 14.2 Å². The summed E-state index contributed by atoms with van der Waals surface area (Å²) in [6.07, 6.45) is 6.88. The largest absolute Gasteiger partial charge is 0.507 e. The summed E-state index contributed by atoms with van der Waals surface area (Å²) in [6.45, 7) is 4.49. The third-order valence-corrected chi connectivity index (χ3v) is 7.11. The molecule has 34 heavy (non-hydrogen) atoms. The Kier molecular flexibility index (Phi) is 5.43. The molecule has 0 radical (unpaired) electrons. The molecule has 2 aliphatic rings. The quantitative estimate of drug-likeness (QED) is 0.602. The minimum absolute atomic E-state index is 0.0275. The highest BCUT2D eigenvalue weighted by molar-refractivity contribution is 5.74. The summed E-state index contributed by atoms with van der Waals surface area (Å²) in [4.78, 5) is 11.9. The Balaban J connectivity index is 1.36. The molecule has 5 rings (SSSR count). The Bertz CT molecular complexity index is 1250. The van der Waals surface area contributed by atoms with Crippen molar-refractivity contribution in [1.29, 1.82) is 0 Å². The number of phenols is 1. The first-order valence-electron chi connectivity index (χ1n) is 11.6. The molecule has 2 fully saturated rings. The SMILES string of the molecule is Cn1ccc(-c2cc(O)c(-c3ccc(OC4CC5(C)CCCC(C)(C4)N5)nn3)c(F)c2)cc1=O. The zero-order valence-electron chi connectivity index (χ0n) is 19.6. The smallest absolute Gasteiger partial charge is 0.250 e. The summed E-state index contributed by atoms with van der Waals surface area (Å²) in [5.74, 6) is -0.533. The predicted molar refractivity (Wildman–Crippen MR) is 127 cm³/mol. The Morgan fingerprint density at radius 3 is 2.44 bits per heavy atom. The number of hydrogen-bond donors (Lipinski definition) is 2. The number of phenolic OH excluding ortho intramolecular Hbond substituents is 1. The minimum Gasteiger partial charge on any atom is -0.507 e. The van der Waals surface area contributed by atoms with Gasteiger partial charge in [0.2, 0.25) is 5.88 Å². The van der Waals surface area contributed by atoms with E-state index in [1.54, 1.807) is 31.4 Å². The van der Waals surface area contributed by atoms with E-state index in [2.05, 4.69) is 29.4 Å². The average Bonchev–Trinajstić information content (AvgIpc) is 2.75. The predicted octanol–water partition coefficient (Wildman–Crippen LogP) is 4.19. The van der Waals surface area contributed by atoms with Crippen LogP contribution in [0.5, 0.6) is 11.6 Å². The number of nitrogens with one attached hydrogen (secondary N) is 1. The molecule has 3 aromatic rings. The normalized spacial score (nSPS) is 26.3. The van der Waals surface area contributed by atoms with Crippen LogP contribution < -0.4 is 15.6 Å². The van der Waals surface area contributed by atoms with Crippen LogP contribution in [0, 0.1) is 5.82 Å². The molecule has 2 N–H and O–H groups in total. The average molecular weight is 465 g/mol. The third kappa shape index (κ3) is 4.30. The molecule has 1 aromatic carbocycles. The number of piperidine rings is 2. The van der Waals surface area contributed by atoms with Crippen molar-refractivity contribution in [3.05, 3.63) is 58.8 Å². The highest BCUT2D eigenvalue weighted by Gasteiger charge is 2.46. The van der Waals surface area contributed by atoms with Crippen molar-refractivity contribution in [2.45, 2.75) is 63.1 Å². The van der Waals surface area contributed by atoms with Crippen LogP contribution in [0.25, 0.3) is 22.4 Å². The molecule has 8 heteroatoms. The van der Waals surface area contributed by atoms with Crippen LogP contribution in [0.1, 0.15) is 46.0 Å². The van der Waals surface area contributed by atoms with E-state index in [1.165, 1.54) is 29.2 Å². The van der Waals surface area contributed by atoms with Crippen molar-refractivity contribution in [3.63, 3.8) is 0 Å². The molecule has 178 valence electrons. The molecule has 7 nitrogen and oxygen atoms in total. The van der Waals surface area contributed by atoms with Gasteiger partial charge in [-0.3, -0.25) is 4.79 Å². The van der Waals surface area contributed by atoms with E-state index in [9.17, 15) is 9.90 Å². The van der Waals surface area contributed by atoms with Crippen LogP contribution in [0.15, 0.2) is 47.4 Å². The number of aryl methyl sites for hydroxylation is 1. The van der Waals surface area contributed by atoms with Crippen molar-refractivity contribution >= 4 is 0 Å². The second kappa shape index (κ2) is 8.20. The molecule has 0 saturated carbocycles. The van der Waals surface area contributed by atoms with Gasteiger partial charge in [-0.15, -0.1) is 10.2 Å². The summed E-state index contributed by atoms with van der Waals surface area (Å²) in [7, 11) is 1.64. The number of nitrogens with zero attached hydrogens (tertiary/aromatic N) is 3. The van der Waals surface area contributed by atoms with Gasteiger partial charge in [-0.1, -0.05) is 0 Å². The fraction of sp³-hybridized carbons (Fsp3) is 0.423. The Morgan fingerprint density at radius 2 is 1.82 bits per heavy atom. The maximum Gasteiger partial charge on any atom is 0.250 e. The highest BCUT2D eigenvalue weighted by atomic mass is 19.1. The first-order valence-corrected chi connectivity index (χ1v) is 11.6. The monoisotopic (exact) mass is 464 g/mol. The van der Waals surface area contributed by atoms with Crippen molar-refractivity contribution in [2.24, 2.45) is 7.05 Å². The Morgan fingerprint density at radius 1 is 1.09 bits per heavy atom. The Hall–Kier alpha value is -3.26. The van der Waals surface area contributed by atoms with E-state index >= 15 is 4.39 Å². The third-order valence-electron chi connectivity index (χ3n) is 7.11. The van der Waals surface area contributed by atoms with E-state index in [4.69, 9.17) is 4.74 Å². The van der Waals surface area contributed by atoms with Gasteiger partial charge in [-0.05, 0) is 68.5 Å². The lowest BCUT2D eigenvalue weighted by molar-refractivity contribution is 0.00726. The van der Waals surface area contributed by atoms with Crippen LogP contribution >= 0.6 is 0 Å². The van der Waals surface area contributed by atoms with Crippen LogP contribution in [-0.4, -0.2) is 37.1 Å². The van der Waals surface area contributed by atoms with Crippen molar-refractivity contribution in [2.75, 3.05) is 0 Å². The molecule has 4 heterocycles. The molecule has 2 atom stereocenters. The van der Waals surface area contributed by atoms with Gasteiger partial charge in [-0.25, -0.2) is 4.39 Å². The number of pyridine rings is 1. The van der Waals surface area contributed by atoms with Crippen LogP contribution in [-0.2, 0) is 7.05 Å². The molecule has 0 amide bonds. The first kappa shape index (κ1) is 22.5. The molecule has 2 aromatic heterocycles. The van der Waals surface area contributed by atoms with E-state index in [-0.39, 0.29) is 39.7 Å².